The maximum atomic E-state index is 11.3. The molecule has 2 aromatic rings. The second kappa shape index (κ2) is 5.11. The first-order chi connectivity index (χ1) is 8.63. The zero-order valence-electron chi connectivity index (χ0n) is 9.70. The number of pyridine rings is 1. The molecular weight excluding hydrogens is 238 g/mol. The third-order valence-electron chi connectivity index (χ3n) is 2.46. The van der Waals surface area contributed by atoms with Crippen LogP contribution in [0.5, 0.6) is 0 Å². The fraction of sp³-hybridized carbons (Fsp3) is 0.364. The number of esters is 1. The molecule has 0 aliphatic carbocycles. The minimum absolute atomic E-state index is 0.139. The van der Waals surface area contributed by atoms with Crippen LogP contribution in [0.25, 0.3) is 11.2 Å². The molecule has 7 heteroatoms. The van der Waals surface area contributed by atoms with Crippen molar-refractivity contribution in [2.75, 3.05) is 6.61 Å². The molecule has 96 valence electrons. The summed E-state index contributed by atoms with van der Waals surface area (Å²) in [6.45, 7) is 1.76. The average molecular weight is 251 g/mol. The molecule has 2 aromatic heterocycles. The summed E-state index contributed by atoms with van der Waals surface area (Å²) >= 11 is 0. The number of carbonyl (C=O) groups excluding carboxylic acids is 1. The van der Waals surface area contributed by atoms with E-state index in [4.69, 9.17) is 0 Å². The van der Waals surface area contributed by atoms with Crippen molar-refractivity contribution >= 4 is 17.1 Å². The highest BCUT2D eigenvalue weighted by atomic mass is 16.5. The lowest BCUT2D eigenvalue weighted by molar-refractivity contribution is -0.159. The molecule has 0 saturated carbocycles. The zero-order chi connectivity index (χ0) is 13.1. The molecule has 0 radical (unpaired) electrons. The number of hydrogen-bond donors (Lipinski definition) is 3. The smallest absolute Gasteiger partial charge is 0.338 e. The van der Waals surface area contributed by atoms with Gasteiger partial charge in [0.05, 0.1) is 18.5 Å². The number of fused-ring (bicyclic) bond motifs is 1. The summed E-state index contributed by atoms with van der Waals surface area (Å²) in [7, 11) is 0. The standard InChI is InChI=1S/C11H13N3O4/c1-2-18-11(17)9(16)8(15)6-3-7-10(12-4-6)14-5-13-7/h3-5,8-9,15-16H,2H2,1H3,(H,12,13,14). The molecule has 0 aliphatic heterocycles. The van der Waals surface area contributed by atoms with Crippen LogP contribution >= 0.6 is 0 Å². The molecule has 0 fully saturated rings. The highest BCUT2D eigenvalue weighted by Gasteiger charge is 2.27. The average Bonchev–Trinajstić information content (AvgIpc) is 2.84. The predicted octanol–water partition coefficient (Wildman–Crippen LogP) is -0.0847. The first-order valence-corrected chi connectivity index (χ1v) is 5.45. The molecule has 0 bridgehead atoms. The third-order valence-corrected chi connectivity index (χ3v) is 2.46. The molecule has 2 atom stereocenters. The minimum atomic E-state index is -1.63. The van der Waals surface area contributed by atoms with Gasteiger partial charge in [0.25, 0.3) is 0 Å². The second-order valence-electron chi connectivity index (χ2n) is 3.68. The number of aromatic nitrogens is 3. The number of ether oxygens (including phenoxy) is 1. The summed E-state index contributed by atoms with van der Waals surface area (Å²) in [5.74, 6) is -0.866. The Morgan fingerprint density at radius 2 is 2.28 bits per heavy atom. The van der Waals surface area contributed by atoms with Crippen LogP contribution in [-0.4, -0.2) is 43.8 Å². The van der Waals surface area contributed by atoms with E-state index < -0.39 is 18.2 Å². The molecule has 0 saturated heterocycles. The molecule has 0 spiro atoms. The van der Waals surface area contributed by atoms with Crippen LogP contribution in [0.2, 0.25) is 0 Å². The van der Waals surface area contributed by atoms with Gasteiger partial charge in [-0.05, 0) is 13.0 Å². The number of aromatic amines is 1. The molecule has 7 nitrogen and oxygen atoms in total. The summed E-state index contributed by atoms with van der Waals surface area (Å²) in [4.78, 5) is 22.0. The van der Waals surface area contributed by atoms with Crippen molar-refractivity contribution in [3.63, 3.8) is 0 Å². The van der Waals surface area contributed by atoms with Gasteiger partial charge in [-0.25, -0.2) is 14.8 Å². The third kappa shape index (κ3) is 2.31. The van der Waals surface area contributed by atoms with Crippen LogP contribution in [0, 0.1) is 0 Å². The van der Waals surface area contributed by atoms with Gasteiger partial charge in [0.15, 0.2) is 11.8 Å². The topological polar surface area (TPSA) is 108 Å². The van der Waals surface area contributed by atoms with E-state index in [1.165, 1.54) is 12.5 Å². The maximum absolute atomic E-state index is 11.3. The Hall–Kier alpha value is -1.99. The number of hydrogen-bond acceptors (Lipinski definition) is 6. The molecule has 2 unspecified atom stereocenters. The maximum Gasteiger partial charge on any atom is 0.338 e. The fourth-order valence-corrected chi connectivity index (χ4v) is 1.55. The van der Waals surface area contributed by atoms with Crippen molar-refractivity contribution in [1.82, 2.24) is 15.0 Å². The van der Waals surface area contributed by atoms with Crippen molar-refractivity contribution in [2.45, 2.75) is 19.1 Å². The van der Waals surface area contributed by atoms with Crippen LogP contribution in [0.1, 0.15) is 18.6 Å². The quantitative estimate of drug-likeness (QED) is 0.656. The molecule has 18 heavy (non-hydrogen) atoms. The Morgan fingerprint density at radius 1 is 1.50 bits per heavy atom. The van der Waals surface area contributed by atoms with Gasteiger partial charge in [-0.3, -0.25) is 0 Å². The summed E-state index contributed by atoms with van der Waals surface area (Å²) in [5, 5.41) is 19.5. The van der Waals surface area contributed by atoms with Crippen LogP contribution in [-0.2, 0) is 9.53 Å². The van der Waals surface area contributed by atoms with E-state index >= 15 is 0 Å². The largest absolute Gasteiger partial charge is 0.464 e. The Bertz CT molecular complexity index is 554. The summed E-state index contributed by atoms with van der Waals surface area (Å²) in [5.41, 5.74) is 1.42. The van der Waals surface area contributed by atoms with Crippen LogP contribution in [0.4, 0.5) is 0 Å². The van der Waals surface area contributed by atoms with Crippen LogP contribution < -0.4 is 0 Å². The number of nitrogens with one attached hydrogen (secondary N) is 1. The molecule has 0 aromatic carbocycles. The number of H-pyrrole nitrogens is 1. The van der Waals surface area contributed by atoms with Crippen molar-refractivity contribution in [2.24, 2.45) is 0 Å². The molecular formula is C11H13N3O4. The van der Waals surface area contributed by atoms with Crippen LogP contribution in [0.3, 0.4) is 0 Å². The van der Waals surface area contributed by atoms with Gasteiger partial charge < -0.3 is 19.9 Å². The number of nitrogens with zero attached hydrogens (tertiary/aromatic N) is 2. The number of aliphatic hydroxyl groups is 2. The molecule has 2 rings (SSSR count). The van der Waals surface area contributed by atoms with E-state index in [9.17, 15) is 15.0 Å². The number of rotatable bonds is 4. The summed E-state index contributed by atoms with van der Waals surface area (Å²) in [6, 6.07) is 1.57. The molecule has 3 N–H and O–H groups in total. The van der Waals surface area contributed by atoms with Crippen molar-refractivity contribution in [1.29, 1.82) is 0 Å². The second-order valence-corrected chi connectivity index (χ2v) is 3.68. The van der Waals surface area contributed by atoms with E-state index in [1.807, 2.05) is 0 Å². The predicted molar refractivity (Wildman–Crippen MR) is 61.5 cm³/mol. The van der Waals surface area contributed by atoms with Gasteiger partial charge in [-0.2, -0.15) is 0 Å². The Kier molecular flexibility index (Phi) is 3.54. The molecule has 0 amide bonds. The van der Waals surface area contributed by atoms with E-state index in [0.29, 0.717) is 16.7 Å². The van der Waals surface area contributed by atoms with Gasteiger partial charge in [-0.1, -0.05) is 0 Å². The van der Waals surface area contributed by atoms with Crippen LogP contribution in [0.15, 0.2) is 18.6 Å². The molecule has 0 aliphatic rings. The number of carbonyl (C=O) groups is 1. The SMILES string of the molecule is CCOC(=O)C(O)C(O)c1cnc2nc[nH]c2c1. The Labute approximate surface area is 102 Å². The fourth-order valence-electron chi connectivity index (χ4n) is 1.55. The summed E-state index contributed by atoms with van der Waals surface area (Å²) < 4.78 is 4.63. The lowest BCUT2D eigenvalue weighted by Gasteiger charge is -2.16. The first-order valence-electron chi connectivity index (χ1n) is 5.45. The van der Waals surface area contributed by atoms with E-state index in [-0.39, 0.29) is 6.61 Å². The molecule has 2 heterocycles. The Balaban J connectivity index is 2.21. The van der Waals surface area contributed by atoms with Crippen molar-refractivity contribution in [3.05, 3.63) is 24.2 Å². The van der Waals surface area contributed by atoms with Gasteiger partial charge >= 0.3 is 5.97 Å². The number of aliphatic hydroxyl groups excluding tert-OH is 2. The van der Waals surface area contributed by atoms with Crippen molar-refractivity contribution in [3.8, 4) is 0 Å². The van der Waals surface area contributed by atoms with Gasteiger partial charge in [0, 0.05) is 11.8 Å². The monoisotopic (exact) mass is 251 g/mol. The lowest BCUT2D eigenvalue weighted by atomic mass is 10.1. The van der Waals surface area contributed by atoms with E-state index in [2.05, 4.69) is 19.7 Å². The van der Waals surface area contributed by atoms with E-state index in [0.717, 1.165) is 0 Å². The first kappa shape index (κ1) is 12.5. The normalized spacial score (nSPS) is 14.4. The van der Waals surface area contributed by atoms with Crippen molar-refractivity contribution < 1.29 is 19.7 Å². The zero-order valence-corrected chi connectivity index (χ0v) is 9.70. The highest BCUT2D eigenvalue weighted by Crippen LogP contribution is 2.19. The lowest BCUT2D eigenvalue weighted by Crippen LogP contribution is -2.29. The van der Waals surface area contributed by atoms with Gasteiger partial charge in [-0.15, -0.1) is 0 Å². The number of imidazole rings is 1. The van der Waals surface area contributed by atoms with E-state index in [1.54, 1.807) is 13.0 Å². The highest BCUT2D eigenvalue weighted by molar-refractivity contribution is 5.76. The van der Waals surface area contributed by atoms with Gasteiger partial charge in [0.2, 0.25) is 0 Å². The minimum Gasteiger partial charge on any atom is -0.464 e. The summed E-state index contributed by atoms with van der Waals surface area (Å²) in [6.07, 6.45) is -0.192. The van der Waals surface area contributed by atoms with Gasteiger partial charge in [0.1, 0.15) is 6.10 Å². The Morgan fingerprint density at radius 3 is 3.00 bits per heavy atom.